The summed E-state index contributed by atoms with van der Waals surface area (Å²) in [6, 6.07) is 0. The smallest absolute Gasteiger partial charge is 0.136 e. The Morgan fingerprint density at radius 1 is 0.750 bits per heavy atom. The molecule has 5 aliphatic rings. The maximum absolute atomic E-state index is 12.7. The first kappa shape index (κ1) is 23.4. The number of carbonyl (C=O) groups excluding carboxylic acids is 1. The lowest BCUT2D eigenvalue weighted by molar-refractivity contribution is -0.258. The van der Waals surface area contributed by atoms with Crippen molar-refractivity contribution >= 4 is 5.78 Å². The van der Waals surface area contributed by atoms with Gasteiger partial charge in [0, 0.05) is 18.9 Å². The predicted molar refractivity (Wildman–Crippen MR) is 131 cm³/mol. The van der Waals surface area contributed by atoms with Gasteiger partial charge in [-0.3, -0.25) is 4.79 Å². The van der Waals surface area contributed by atoms with Gasteiger partial charge in [-0.05, 0) is 114 Å². The molecule has 5 rings (SSSR count). The van der Waals surface area contributed by atoms with Crippen molar-refractivity contribution in [2.24, 2.45) is 56.2 Å². The largest absolute Gasteiger partial charge is 0.396 e. The van der Waals surface area contributed by atoms with Gasteiger partial charge in [-0.1, -0.05) is 48.5 Å². The summed E-state index contributed by atoms with van der Waals surface area (Å²) in [6.07, 6.45) is 13.6. The Hall–Kier alpha value is -0.370. The Balaban J connectivity index is 1.54. The molecule has 0 bridgehead atoms. The number of fused-ring (bicyclic) bond motifs is 7. The van der Waals surface area contributed by atoms with Crippen molar-refractivity contribution in [1.82, 2.24) is 0 Å². The van der Waals surface area contributed by atoms with Crippen molar-refractivity contribution in [2.75, 3.05) is 6.61 Å². The summed E-state index contributed by atoms with van der Waals surface area (Å²) >= 11 is 0. The van der Waals surface area contributed by atoms with Gasteiger partial charge in [-0.15, -0.1) is 0 Å². The van der Waals surface area contributed by atoms with E-state index in [2.05, 4.69) is 48.5 Å². The summed E-state index contributed by atoms with van der Waals surface area (Å²) < 4.78 is 0. The van der Waals surface area contributed by atoms with Crippen LogP contribution in [-0.4, -0.2) is 17.5 Å². The summed E-state index contributed by atoms with van der Waals surface area (Å²) in [6.45, 7) is 18.0. The second kappa shape index (κ2) is 6.86. The normalized spacial score (nSPS) is 60.1. The number of aliphatic hydroxyl groups excluding tert-OH is 1. The fraction of sp³-hybridized carbons (Fsp3) is 0.967. The fourth-order valence-corrected chi connectivity index (χ4v) is 11.2. The van der Waals surface area contributed by atoms with Crippen LogP contribution in [0.25, 0.3) is 0 Å². The van der Waals surface area contributed by atoms with Crippen molar-refractivity contribution in [3.05, 3.63) is 0 Å². The second-order valence-electron chi connectivity index (χ2n) is 15.1. The van der Waals surface area contributed by atoms with Gasteiger partial charge in [0.25, 0.3) is 0 Å². The Morgan fingerprint density at radius 3 is 2.06 bits per heavy atom. The number of Topliss-reactive ketones (excluding diaryl/α,β-unsaturated/α-hetero) is 1. The third kappa shape index (κ3) is 2.71. The van der Waals surface area contributed by atoms with Crippen LogP contribution in [0.1, 0.15) is 119 Å². The van der Waals surface area contributed by atoms with E-state index >= 15 is 0 Å². The summed E-state index contributed by atoms with van der Waals surface area (Å²) in [5.41, 5.74) is 1.88. The standard InChI is InChI=1S/C30H50O2/c1-20-21(32)8-9-22-27(20,4)11-10-23-28(22,5)15-17-30(7)24-18-25(2,19-31)12-13-26(24,3)14-16-29(23,30)6/h20,22-24,31H,8-19H2,1-7H3. The Kier molecular flexibility index (Phi) is 5.01. The fourth-order valence-electron chi connectivity index (χ4n) is 11.2. The molecular weight excluding hydrogens is 392 g/mol. The average Bonchev–Trinajstić information content (AvgIpc) is 2.75. The monoisotopic (exact) mass is 442 g/mol. The van der Waals surface area contributed by atoms with Gasteiger partial charge < -0.3 is 5.11 Å². The minimum Gasteiger partial charge on any atom is -0.396 e. The Morgan fingerprint density at radius 2 is 1.38 bits per heavy atom. The Labute approximate surface area is 197 Å². The highest BCUT2D eigenvalue weighted by Crippen LogP contribution is 2.78. The third-order valence-electron chi connectivity index (χ3n) is 14.0. The highest BCUT2D eigenvalue weighted by atomic mass is 16.3. The molecule has 0 aromatic heterocycles. The zero-order chi connectivity index (χ0) is 23.4. The van der Waals surface area contributed by atoms with Crippen LogP contribution in [0, 0.1) is 56.2 Å². The van der Waals surface area contributed by atoms with Crippen LogP contribution in [-0.2, 0) is 4.79 Å². The predicted octanol–water partition coefficient (Wildman–Crippen LogP) is 7.43. The van der Waals surface area contributed by atoms with E-state index < -0.39 is 0 Å². The van der Waals surface area contributed by atoms with Crippen molar-refractivity contribution in [2.45, 2.75) is 119 Å². The summed E-state index contributed by atoms with van der Waals surface area (Å²) in [7, 11) is 0. The summed E-state index contributed by atoms with van der Waals surface area (Å²) in [4.78, 5) is 12.7. The van der Waals surface area contributed by atoms with E-state index in [4.69, 9.17) is 0 Å². The van der Waals surface area contributed by atoms with E-state index in [-0.39, 0.29) is 16.7 Å². The van der Waals surface area contributed by atoms with Crippen molar-refractivity contribution in [3.63, 3.8) is 0 Å². The van der Waals surface area contributed by atoms with Crippen LogP contribution in [0.3, 0.4) is 0 Å². The average molecular weight is 443 g/mol. The molecule has 0 aromatic rings. The topological polar surface area (TPSA) is 37.3 Å². The molecule has 0 saturated heterocycles. The molecule has 2 nitrogen and oxygen atoms in total. The zero-order valence-electron chi connectivity index (χ0n) is 22.2. The number of aliphatic hydroxyl groups is 1. The van der Waals surface area contributed by atoms with Crippen molar-refractivity contribution in [3.8, 4) is 0 Å². The molecule has 0 radical (unpaired) electrons. The Bertz CT molecular complexity index is 805. The number of hydrogen-bond donors (Lipinski definition) is 1. The lowest BCUT2D eigenvalue weighted by Gasteiger charge is -2.74. The minimum atomic E-state index is 0.108. The highest BCUT2D eigenvalue weighted by Gasteiger charge is 2.70. The van der Waals surface area contributed by atoms with Crippen LogP contribution in [0.2, 0.25) is 0 Å². The van der Waals surface area contributed by atoms with Gasteiger partial charge in [-0.25, -0.2) is 0 Å². The van der Waals surface area contributed by atoms with E-state index in [1.807, 2.05) is 0 Å². The molecule has 1 N–H and O–H groups in total. The zero-order valence-corrected chi connectivity index (χ0v) is 22.2. The van der Waals surface area contributed by atoms with Crippen LogP contribution in [0.4, 0.5) is 0 Å². The summed E-state index contributed by atoms with van der Waals surface area (Å²) in [5.74, 6) is 2.96. The highest BCUT2D eigenvalue weighted by molar-refractivity contribution is 5.82. The van der Waals surface area contributed by atoms with Crippen molar-refractivity contribution < 1.29 is 9.90 Å². The second-order valence-corrected chi connectivity index (χ2v) is 15.1. The molecule has 0 heterocycles. The molecule has 32 heavy (non-hydrogen) atoms. The first-order valence-electron chi connectivity index (χ1n) is 13.9. The van der Waals surface area contributed by atoms with E-state index in [1.165, 1.54) is 57.8 Å². The molecule has 5 fully saturated rings. The van der Waals surface area contributed by atoms with Crippen molar-refractivity contribution in [1.29, 1.82) is 0 Å². The SMILES string of the molecule is CC1C(=O)CCC2C1(C)CCC1C2(C)CCC2(C)C3CC(C)(CO)CCC3(C)CCC12C. The maximum Gasteiger partial charge on any atom is 0.136 e. The van der Waals surface area contributed by atoms with E-state index in [0.29, 0.717) is 40.0 Å². The number of carbonyl (C=O) groups is 1. The maximum atomic E-state index is 12.7. The lowest BCUT2D eigenvalue weighted by atomic mass is 9.30. The first-order chi connectivity index (χ1) is 14.8. The molecule has 0 spiro atoms. The van der Waals surface area contributed by atoms with Crippen LogP contribution < -0.4 is 0 Å². The third-order valence-corrected chi connectivity index (χ3v) is 14.0. The molecule has 2 heteroatoms. The molecule has 10 atom stereocenters. The minimum absolute atomic E-state index is 0.108. The molecule has 5 saturated carbocycles. The molecule has 10 unspecified atom stereocenters. The molecule has 5 aliphatic carbocycles. The van der Waals surface area contributed by atoms with Gasteiger partial charge in [0.05, 0.1) is 0 Å². The number of rotatable bonds is 1. The first-order valence-corrected chi connectivity index (χ1v) is 13.9. The van der Waals surface area contributed by atoms with Crippen LogP contribution in [0.5, 0.6) is 0 Å². The molecule has 182 valence electrons. The van der Waals surface area contributed by atoms with Gasteiger partial charge in [0.1, 0.15) is 5.78 Å². The van der Waals surface area contributed by atoms with Gasteiger partial charge in [0.15, 0.2) is 0 Å². The van der Waals surface area contributed by atoms with Gasteiger partial charge in [0.2, 0.25) is 0 Å². The van der Waals surface area contributed by atoms with Gasteiger partial charge >= 0.3 is 0 Å². The van der Waals surface area contributed by atoms with Crippen LogP contribution >= 0.6 is 0 Å². The van der Waals surface area contributed by atoms with E-state index in [9.17, 15) is 9.90 Å². The summed E-state index contributed by atoms with van der Waals surface area (Å²) in [5, 5.41) is 10.3. The molecular formula is C30H50O2. The number of ketones is 1. The van der Waals surface area contributed by atoms with E-state index in [1.54, 1.807) is 0 Å². The molecule has 0 amide bonds. The van der Waals surface area contributed by atoms with Gasteiger partial charge in [-0.2, -0.15) is 0 Å². The number of hydrogen-bond acceptors (Lipinski definition) is 2. The quantitative estimate of drug-likeness (QED) is 0.458. The lowest BCUT2D eigenvalue weighted by Crippen LogP contribution is -2.67. The molecule has 0 aromatic carbocycles. The van der Waals surface area contributed by atoms with E-state index in [0.717, 1.165) is 24.7 Å². The molecule has 0 aliphatic heterocycles. The van der Waals surface area contributed by atoms with Crippen LogP contribution in [0.15, 0.2) is 0 Å².